The van der Waals surface area contributed by atoms with Crippen LogP contribution in [0, 0.1) is 0 Å². The zero-order chi connectivity index (χ0) is 21.3. The van der Waals surface area contributed by atoms with Gasteiger partial charge in [0.2, 0.25) is 5.91 Å². The van der Waals surface area contributed by atoms with Crippen molar-refractivity contribution in [3.63, 3.8) is 0 Å². The molecule has 30 heavy (non-hydrogen) atoms. The Balaban J connectivity index is 1.49. The molecule has 0 fully saturated rings. The van der Waals surface area contributed by atoms with E-state index in [2.05, 4.69) is 16.0 Å². The number of anilines is 1. The van der Waals surface area contributed by atoms with Gasteiger partial charge in [0.05, 0.1) is 6.04 Å². The first kappa shape index (κ1) is 21.3. The van der Waals surface area contributed by atoms with Crippen LogP contribution in [0.2, 0.25) is 0 Å². The highest BCUT2D eigenvalue weighted by atomic mass is 32.1. The van der Waals surface area contributed by atoms with Gasteiger partial charge in [-0.1, -0.05) is 30.3 Å². The Hall–Kier alpha value is -3.45. The summed E-state index contributed by atoms with van der Waals surface area (Å²) in [4.78, 5) is 36.4. The quantitative estimate of drug-likeness (QED) is 0.514. The summed E-state index contributed by atoms with van der Waals surface area (Å²) in [7, 11) is 0. The second kappa shape index (κ2) is 10.4. The molecule has 0 spiro atoms. The van der Waals surface area contributed by atoms with Crippen molar-refractivity contribution in [2.24, 2.45) is 0 Å². The van der Waals surface area contributed by atoms with Crippen molar-refractivity contribution >= 4 is 34.7 Å². The number of carbonyl (C=O) groups is 3. The predicted molar refractivity (Wildman–Crippen MR) is 119 cm³/mol. The van der Waals surface area contributed by atoms with Crippen LogP contribution in [0.15, 0.2) is 71.4 Å². The average molecular weight is 422 g/mol. The van der Waals surface area contributed by atoms with E-state index in [4.69, 9.17) is 0 Å². The SMILES string of the molecule is CC(NC(=O)CCNC(=O)c1ccsc1)c1cccc(NC(=O)c2ccccc2)c1. The normalized spacial score (nSPS) is 11.4. The summed E-state index contributed by atoms with van der Waals surface area (Å²) in [5.74, 6) is -0.531. The fourth-order valence-electron chi connectivity index (χ4n) is 2.86. The predicted octanol–water partition coefficient (Wildman–Crippen LogP) is 4.00. The van der Waals surface area contributed by atoms with E-state index in [0.717, 1.165) is 5.56 Å². The van der Waals surface area contributed by atoms with E-state index >= 15 is 0 Å². The number of rotatable bonds is 8. The number of amides is 3. The molecule has 154 valence electrons. The number of nitrogens with one attached hydrogen (secondary N) is 3. The van der Waals surface area contributed by atoms with Gasteiger partial charge in [-0.25, -0.2) is 0 Å². The zero-order valence-electron chi connectivity index (χ0n) is 16.6. The Labute approximate surface area is 179 Å². The number of thiophene rings is 1. The molecule has 1 unspecified atom stereocenters. The van der Waals surface area contributed by atoms with Gasteiger partial charge in [0.25, 0.3) is 11.8 Å². The third-order valence-corrected chi connectivity index (χ3v) is 5.16. The summed E-state index contributed by atoms with van der Waals surface area (Å²) in [6, 6.07) is 17.8. The molecule has 7 heteroatoms. The molecule has 1 atom stereocenters. The molecule has 1 heterocycles. The largest absolute Gasteiger partial charge is 0.351 e. The van der Waals surface area contributed by atoms with Crippen molar-refractivity contribution in [1.82, 2.24) is 10.6 Å². The summed E-state index contributed by atoms with van der Waals surface area (Å²) in [6.45, 7) is 2.14. The zero-order valence-corrected chi connectivity index (χ0v) is 17.4. The van der Waals surface area contributed by atoms with Gasteiger partial charge < -0.3 is 16.0 Å². The number of hydrogen-bond acceptors (Lipinski definition) is 4. The van der Waals surface area contributed by atoms with E-state index in [0.29, 0.717) is 16.8 Å². The third-order valence-electron chi connectivity index (χ3n) is 4.48. The lowest BCUT2D eigenvalue weighted by Crippen LogP contribution is -2.32. The van der Waals surface area contributed by atoms with E-state index in [-0.39, 0.29) is 36.7 Å². The molecular formula is C23H23N3O3S. The van der Waals surface area contributed by atoms with Gasteiger partial charge in [0, 0.05) is 35.2 Å². The third kappa shape index (κ3) is 6.02. The van der Waals surface area contributed by atoms with Crippen LogP contribution in [0.25, 0.3) is 0 Å². The van der Waals surface area contributed by atoms with Crippen molar-refractivity contribution in [2.45, 2.75) is 19.4 Å². The fraction of sp³-hybridized carbons (Fsp3) is 0.174. The summed E-state index contributed by atoms with van der Waals surface area (Å²) < 4.78 is 0. The smallest absolute Gasteiger partial charge is 0.255 e. The molecule has 3 amide bonds. The minimum absolute atomic E-state index is 0.160. The Morgan fingerprint density at radius 1 is 0.933 bits per heavy atom. The lowest BCUT2D eigenvalue weighted by atomic mass is 10.1. The van der Waals surface area contributed by atoms with Crippen LogP contribution < -0.4 is 16.0 Å². The second-order valence-electron chi connectivity index (χ2n) is 6.75. The fourth-order valence-corrected chi connectivity index (χ4v) is 3.50. The highest BCUT2D eigenvalue weighted by molar-refractivity contribution is 7.08. The monoisotopic (exact) mass is 421 g/mol. The molecule has 3 rings (SSSR count). The van der Waals surface area contributed by atoms with Crippen LogP contribution in [-0.4, -0.2) is 24.3 Å². The van der Waals surface area contributed by atoms with Crippen molar-refractivity contribution in [2.75, 3.05) is 11.9 Å². The lowest BCUT2D eigenvalue weighted by Gasteiger charge is -2.16. The van der Waals surface area contributed by atoms with Crippen molar-refractivity contribution in [1.29, 1.82) is 0 Å². The van der Waals surface area contributed by atoms with Gasteiger partial charge in [-0.15, -0.1) is 0 Å². The van der Waals surface area contributed by atoms with Crippen LogP contribution in [0.3, 0.4) is 0 Å². The first-order valence-corrected chi connectivity index (χ1v) is 10.5. The first-order chi connectivity index (χ1) is 14.5. The first-order valence-electron chi connectivity index (χ1n) is 9.59. The van der Waals surface area contributed by atoms with Crippen LogP contribution in [0.1, 0.15) is 45.7 Å². The maximum absolute atomic E-state index is 12.3. The van der Waals surface area contributed by atoms with Crippen molar-refractivity contribution in [3.8, 4) is 0 Å². The topological polar surface area (TPSA) is 87.3 Å². The summed E-state index contributed by atoms with van der Waals surface area (Å²) >= 11 is 1.45. The van der Waals surface area contributed by atoms with Crippen LogP contribution >= 0.6 is 11.3 Å². The Kier molecular flexibility index (Phi) is 7.34. The Morgan fingerprint density at radius 3 is 2.47 bits per heavy atom. The molecule has 6 nitrogen and oxygen atoms in total. The lowest BCUT2D eigenvalue weighted by molar-refractivity contribution is -0.121. The molecule has 0 radical (unpaired) electrons. The van der Waals surface area contributed by atoms with E-state index in [9.17, 15) is 14.4 Å². The van der Waals surface area contributed by atoms with E-state index < -0.39 is 0 Å². The maximum Gasteiger partial charge on any atom is 0.255 e. The van der Waals surface area contributed by atoms with Gasteiger partial charge >= 0.3 is 0 Å². The van der Waals surface area contributed by atoms with Gasteiger partial charge in [-0.3, -0.25) is 14.4 Å². The van der Waals surface area contributed by atoms with E-state index in [1.54, 1.807) is 29.6 Å². The Bertz CT molecular complexity index is 1000. The van der Waals surface area contributed by atoms with E-state index in [1.807, 2.05) is 48.7 Å². The van der Waals surface area contributed by atoms with Crippen molar-refractivity contribution < 1.29 is 14.4 Å². The maximum atomic E-state index is 12.3. The molecule has 2 aromatic carbocycles. The molecule has 0 aliphatic rings. The van der Waals surface area contributed by atoms with Crippen LogP contribution in [0.5, 0.6) is 0 Å². The van der Waals surface area contributed by atoms with Gasteiger partial charge in [-0.2, -0.15) is 11.3 Å². The molecule has 3 aromatic rings. The van der Waals surface area contributed by atoms with Gasteiger partial charge in [-0.05, 0) is 48.2 Å². The summed E-state index contributed by atoms with van der Waals surface area (Å²) in [5.41, 5.74) is 2.71. The molecule has 0 aliphatic carbocycles. The standard InChI is InChI=1S/C23H23N3O3S/c1-16(25-21(27)10-12-24-22(28)19-11-13-30-15-19)18-8-5-9-20(14-18)26-23(29)17-6-3-2-4-7-17/h2-9,11,13-16H,10,12H2,1H3,(H,24,28)(H,25,27)(H,26,29). The summed E-state index contributed by atoms with van der Waals surface area (Å²) in [6.07, 6.45) is 0.185. The second-order valence-corrected chi connectivity index (χ2v) is 7.53. The summed E-state index contributed by atoms with van der Waals surface area (Å²) in [5, 5.41) is 12.1. The highest BCUT2D eigenvalue weighted by Crippen LogP contribution is 2.18. The molecule has 1 aromatic heterocycles. The number of hydrogen-bond donors (Lipinski definition) is 3. The molecular weight excluding hydrogens is 398 g/mol. The van der Waals surface area contributed by atoms with Crippen LogP contribution in [-0.2, 0) is 4.79 Å². The molecule has 3 N–H and O–H groups in total. The Morgan fingerprint density at radius 2 is 1.73 bits per heavy atom. The average Bonchev–Trinajstić information content (AvgIpc) is 3.29. The molecule has 0 saturated carbocycles. The molecule has 0 saturated heterocycles. The number of carbonyl (C=O) groups excluding carboxylic acids is 3. The molecule has 0 bridgehead atoms. The molecule has 0 aliphatic heterocycles. The van der Waals surface area contributed by atoms with E-state index in [1.165, 1.54) is 11.3 Å². The van der Waals surface area contributed by atoms with Gasteiger partial charge in [0.1, 0.15) is 0 Å². The van der Waals surface area contributed by atoms with Gasteiger partial charge in [0.15, 0.2) is 0 Å². The minimum Gasteiger partial charge on any atom is -0.351 e. The highest BCUT2D eigenvalue weighted by Gasteiger charge is 2.12. The van der Waals surface area contributed by atoms with Crippen molar-refractivity contribution in [3.05, 3.63) is 88.1 Å². The number of benzene rings is 2. The van der Waals surface area contributed by atoms with Crippen LogP contribution in [0.4, 0.5) is 5.69 Å². The minimum atomic E-state index is -0.237.